The van der Waals surface area contributed by atoms with Crippen LogP contribution in [0.5, 0.6) is 0 Å². The maximum Gasteiger partial charge on any atom is 0.179 e. The molecule has 0 N–H and O–H groups in total. The molecule has 6 rings (SSSR count). The summed E-state index contributed by atoms with van der Waals surface area (Å²) in [4.78, 5) is 9.24. The molecular formula is C25H25N7O2. The maximum atomic E-state index is 5.83. The van der Waals surface area contributed by atoms with Gasteiger partial charge in [-0.3, -0.25) is 9.67 Å². The molecule has 1 aliphatic heterocycles. The molecule has 9 nitrogen and oxygen atoms in total. The number of hydrogen-bond acceptors (Lipinski definition) is 7. The summed E-state index contributed by atoms with van der Waals surface area (Å²) in [7, 11) is 0. The van der Waals surface area contributed by atoms with E-state index in [1.165, 1.54) is 0 Å². The van der Waals surface area contributed by atoms with Gasteiger partial charge < -0.3 is 9.47 Å². The van der Waals surface area contributed by atoms with Gasteiger partial charge in [0.05, 0.1) is 37.1 Å². The van der Waals surface area contributed by atoms with Gasteiger partial charge in [-0.1, -0.05) is 17.3 Å². The second kappa shape index (κ2) is 9.28. The van der Waals surface area contributed by atoms with E-state index in [2.05, 4.69) is 38.6 Å². The number of benzene rings is 1. The summed E-state index contributed by atoms with van der Waals surface area (Å²) in [5.41, 5.74) is 5.38. The molecule has 0 amide bonds. The van der Waals surface area contributed by atoms with Gasteiger partial charge in [0.25, 0.3) is 0 Å². The van der Waals surface area contributed by atoms with E-state index in [1.54, 1.807) is 6.20 Å². The molecule has 0 spiro atoms. The molecule has 0 bridgehead atoms. The summed E-state index contributed by atoms with van der Waals surface area (Å²) < 4.78 is 15.2. The van der Waals surface area contributed by atoms with Crippen LogP contribution >= 0.6 is 0 Å². The quantitative estimate of drug-likeness (QED) is 0.368. The summed E-state index contributed by atoms with van der Waals surface area (Å²) in [6.07, 6.45) is 8.78. The number of pyridine rings is 2. The molecule has 1 fully saturated rings. The maximum absolute atomic E-state index is 5.83. The van der Waals surface area contributed by atoms with Crippen molar-refractivity contribution in [2.75, 3.05) is 13.2 Å². The van der Waals surface area contributed by atoms with Crippen LogP contribution in [-0.4, -0.2) is 54.2 Å². The lowest BCUT2D eigenvalue weighted by Gasteiger charge is -2.22. The molecule has 5 heterocycles. The Labute approximate surface area is 196 Å². The molecule has 0 saturated carbocycles. The second-order valence-corrected chi connectivity index (χ2v) is 8.48. The van der Waals surface area contributed by atoms with Gasteiger partial charge >= 0.3 is 0 Å². The number of nitrogens with zero attached hydrogens (tertiary/aromatic N) is 7. The monoisotopic (exact) mass is 455 g/mol. The van der Waals surface area contributed by atoms with Gasteiger partial charge in [-0.25, -0.2) is 9.67 Å². The number of rotatable bonds is 7. The highest BCUT2D eigenvalue weighted by Crippen LogP contribution is 2.21. The zero-order chi connectivity index (χ0) is 22.7. The van der Waals surface area contributed by atoms with E-state index >= 15 is 0 Å². The van der Waals surface area contributed by atoms with E-state index in [9.17, 15) is 0 Å². The molecule has 1 atom stereocenters. The van der Waals surface area contributed by atoms with E-state index in [-0.39, 0.29) is 6.29 Å². The normalized spacial score (nSPS) is 16.4. The van der Waals surface area contributed by atoms with E-state index in [1.807, 2.05) is 46.0 Å². The molecule has 1 aromatic carbocycles. The van der Waals surface area contributed by atoms with Gasteiger partial charge in [0, 0.05) is 30.0 Å². The lowest BCUT2D eigenvalue weighted by Crippen LogP contribution is -2.24. The Morgan fingerprint density at radius 1 is 1.09 bits per heavy atom. The third-order valence-corrected chi connectivity index (χ3v) is 6.05. The van der Waals surface area contributed by atoms with Crippen LogP contribution in [0, 0.1) is 0 Å². The SMILES string of the molecule is c1cnc2ccc(Cn3nnc4ccc(-c5cnn(CCOC6CCCCO6)c5)nc43)cc2c1. The Morgan fingerprint density at radius 2 is 2.06 bits per heavy atom. The minimum absolute atomic E-state index is 0.0838. The van der Waals surface area contributed by atoms with E-state index in [0.29, 0.717) is 19.7 Å². The molecule has 1 saturated heterocycles. The van der Waals surface area contributed by atoms with Gasteiger partial charge in [-0.2, -0.15) is 5.10 Å². The number of aromatic nitrogens is 7. The first-order valence-corrected chi connectivity index (χ1v) is 11.6. The molecule has 4 aromatic heterocycles. The van der Waals surface area contributed by atoms with Crippen LogP contribution in [0.4, 0.5) is 0 Å². The van der Waals surface area contributed by atoms with Crippen LogP contribution in [0.25, 0.3) is 33.3 Å². The topological polar surface area (TPSA) is 92.8 Å². The van der Waals surface area contributed by atoms with E-state index in [4.69, 9.17) is 14.5 Å². The predicted molar refractivity (Wildman–Crippen MR) is 127 cm³/mol. The van der Waals surface area contributed by atoms with Gasteiger partial charge in [-0.05, 0) is 55.2 Å². The molecule has 0 aliphatic carbocycles. The highest BCUT2D eigenvalue weighted by Gasteiger charge is 2.14. The van der Waals surface area contributed by atoms with Crippen molar-refractivity contribution < 1.29 is 9.47 Å². The Morgan fingerprint density at radius 3 is 3.00 bits per heavy atom. The standard InChI is InChI=1S/C25H25N7O2/c1-2-12-33-24(5-1)34-13-11-31-17-20(15-27-31)22-8-9-23-25(28-22)32(30-29-23)16-18-6-7-21-19(14-18)4-3-10-26-21/h3-4,6-10,14-15,17,24H,1-2,5,11-13,16H2. The van der Waals surface area contributed by atoms with Gasteiger partial charge in [0.1, 0.15) is 5.52 Å². The van der Waals surface area contributed by atoms with Crippen LogP contribution in [-0.2, 0) is 22.6 Å². The Hall–Kier alpha value is -3.69. The van der Waals surface area contributed by atoms with Crippen molar-refractivity contribution in [2.45, 2.75) is 38.6 Å². The van der Waals surface area contributed by atoms with E-state index in [0.717, 1.165) is 64.8 Å². The molecule has 0 radical (unpaired) electrons. The van der Waals surface area contributed by atoms with Gasteiger partial charge in [0.2, 0.25) is 0 Å². The minimum atomic E-state index is -0.0838. The highest BCUT2D eigenvalue weighted by molar-refractivity contribution is 5.79. The molecule has 172 valence electrons. The van der Waals surface area contributed by atoms with Crippen LogP contribution in [0.3, 0.4) is 0 Å². The number of hydrogen-bond donors (Lipinski definition) is 0. The largest absolute Gasteiger partial charge is 0.353 e. The molecule has 1 unspecified atom stereocenters. The van der Waals surface area contributed by atoms with Crippen molar-refractivity contribution >= 4 is 22.1 Å². The highest BCUT2D eigenvalue weighted by atomic mass is 16.7. The summed E-state index contributed by atoms with van der Waals surface area (Å²) >= 11 is 0. The van der Waals surface area contributed by atoms with Crippen LogP contribution < -0.4 is 0 Å². The first-order chi connectivity index (χ1) is 16.8. The van der Waals surface area contributed by atoms with Crippen LogP contribution in [0.1, 0.15) is 24.8 Å². The lowest BCUT2D eigenvalue weighted by atomic mass is 10.1. The fourth-order valence-electron chi connectivity index (χ4n) is 4.26. The first kappa shape index (κ1) is 20.9. The number of fused-ring (bicyclic) bond motifs is 2. The fourth-order valence-corrected chi connectivity index (χ4v) is 4.26. The minimum Gasteiger partial charge on any atom is -0.353 e. The van der Waals surface area contributed by atoms with Crippen molar-refractivity contribution in [1.29, 1.82) is 0 Å². The predicted octanol–water partition coefficient (Wildman–Crippen LogP) is 3.83. The first-order valence-electron chi connectivity index (χ1n) is 11.6. The average molecular weight is 456 g/mol. The average Bonchev–Trinajstić information content (AvgIpc) is 3.52. The van der Waals surface area contributed by atoms with Gasteiger partial charge in [-0.15, -0.1) is 5.10 Å². The zero-order valence-electron chi connectivity index (χ0n) is 18.7. The van der Waals surface area contributed by atoms with Crippen LogP contribution in [0.2, 0.25) is 0 Å². The third-order valence-electron chi connectivity index (χ3n) is 6.05. The van der Waals surface area contributed by atoms with Crippen molar-refractivity contribution in [3.05, 3.63) is 66.6 Å². The van der Waals surface area contributed by atoms with Crippen molar-refractivity contribution in [1.82, 2.24) is 34.7 Å². The summed E-state index contributed by atoms with van der Waals surface area (Å²) in [5, 5.41) is 14.2. The van der Waals surface area contributed by atoms with E-state index < -0.39 is 0 Å². The second-order valence-electron chi connectivity index (χ2n) is 8.48. The smallest absolute Gasteiger partial charge is 0.179 e. The number of ether oxygens (including phenoxy) is 2. The Balaban J connectivity index is 1.18. The molecular weight excluding hydrogens is 430 g/mol. The Kier molecular flexibility index (Phi) is 5.70. The van der Waals surface area contributed by atoms with Crippen molar-refractivity contribution in [2.24, 2.45) is 0 Å². The third kappa shape index (κ3) is 4.40. The summed E-state index contributed by atoms with van der Waals surface area (Å²) in [6, 6.07) is 14.1. The molecule has 34 heavy (non-hydrogen) atoms. The lowest BCUT2D eigenvalue weighted by molar-refractivity contribution is -0.163. The van der Waals surface area contributed by atoms with Crippen LogP contribution in [0.15, 0.2) is 61.1 Å². The summed E-state index contributed by atoms with van der Waals surface area (Å²) in [5.74, 6) is 0. The Bertz CT molecular complexity index is 1420. The molecule has 1 aliphatic rings. The van der Waals surface area contributed by atoms with Crippen molar-refractivity contribution in [3.63, 3.8) is 0 Å². The summed E-state index contributed by atoms with van der Waals surface area (Å²) in [6.45, 7) is 2.60. The molecule has 9 heteroatoms. The zero-order valence-corrected chi connectivity index (χ0v) is 18.7. The van der Waals surface area contributed by atoms with Gasteiger partial charge in [0.15, 0.2) is 11.9 Å². The fraction of sp³-hybridized carbons (Fsp3) is 0.320. The molecule has 5 aromatic rings. The van der Waals surface area contributed by atoms with Crippen molar-refractivity contribution in [3.8, 4) is 11.3 Å².